The summed E-state index contributed by atoms with van der Waals surface area (Å²) in [6.07, 6.45) is 2.54. The molecular weight excluding hydrogens is 248 g/mol. The van der Waals surface area contributed by atoms with E-state index in [-0.39, 0.29) is 6.61 Å². The lowest BCUT2D eigenvalue weighted by Gasteiger charge is -2.00. The molecule has 0 aliphatic carbocycles. The van der Waals surface area contributed by atoms with E-state index in [0.717, 1.165) is 21.7 Å². The van der Waals surface area contributed by atoms with Gasteiger partial charge in [-0.05, 0) is 35.4 Å². The number of carboxylic acid groups (broad SMARTS) is 1. The van der Waals surface area contributed by atoms with Crippen molar-refractivity contribution in [3.05, 3.63) is 39.9 Å². The van der Waals surface area contributed by atoms with Gasteiger partial charge >= 0.3 is 5.97 Å². The van der Waals surface area contributed by atoms with Crippen LogP contribution in [0.15, 0.2) is 28.7 Å². The fourth-order valence-corrected chi connectivity index (χ4v) is 1.59. The van der Waals surface area contributed by atoms with Crippen molar-refractivity contribution in [2.75, 3.05) is 0 Å². The zero-order valence-corrected chi connectivity index (χ0v) is 8.86. The summed E-state index contributed by atoms with van der Waals surface area (Å²) in [7, 11) is 0. The SMILES string of the molecule is O=C(O)C=Cc1cc(Br)cc(CO)c1. The molecule has 0 aliphatic rings. The van der Waals surface area contributed by atoms with Crippen LogP contribution in [0.2, 0.25) is 0 Å². The van der Waals surface area contributed by atoms with E-state index in [4.69, 9.17) is 10.2 Å². The highest BCUT2D eigenvalue weighted by Gasteiger charge is 1.96. The van der Waals surface area contributed by atoms with Gasteiger partial charge in [-0.3, -0.25) is 0 Å². The van der Waals surface area contributed by atoms with Gasteiger partial charge in [0.2, 0.25) is 0 Å². The maximum absolute atomic E-state index is 10.3. The standard InChI is InChI=1S/C10H9BrO3/c11-9-4-7(1-2-10(13)14)3-8(5-9)6-12/h1-5,12H,6H2,(H,13,14). The van der Waals surface area contributed by atoms with Crippen molar-refractivity contribution >= 4 is 28.0 Å². The van der Waals surface area contributed by atoms with Gasteiger partial charge in [0.1, 0.15) is 0 Å². The van der Waals surface area contributed by atoms with Crippen molar-refractivity contribution in [3.8, 4) is 0 Å². The van der Waals surface area contributed by atoms with E-state index >= 15 is 0 Å². The number of benzene rings is 1. The van der Waals surface area contributed by atoms with Crippen LogP contribution in [-0.4, -0.2) is 16.2 Å². The number of carboxylic acids is 1. The van der Waals surface area contributed by atoms with Crippen LogP contribution < -0.4 is 0 Å². The van der Waals surface area contributed by atoms with Crippen LogP contribution >= 0.6 is 15.9 Å². The summed E-state index contributed by atoms with van der Waals surface area (Å²) in [6, 6.07) is 5.28. The molecule has 1 rings (SSSR count). The minimum Gasteiger partial charge on any atom is -0.478 e. The molecule has 0 amide bonds. The summed E-state index contributed by atoms with van der Waals surface area (Å²) in [5.74, 6) is -0.990. The highest BCUT2D eigenvalue weighted by Crippen LogP contribution is 2.16. The van der Waals surface area contributed by atoms with Gasteiger partial charge in [0.05, 0.1) is 6.61 Å². The largest absolute Gasteiger partial charge is 0.478 e. The van der Waals surface area contributed by atoms with Gasteiger partial charge in [-0.15, -0.1) is 0 Å². The third-order valence-electron chi connectivity index (χ3n) is 1.58. The van der Waals surface area contributed by atoms with E-state index in [0.29, 0.717) is 0 Å². The quantitative estimate of drug-likeness (QED) is 0.814. The molecule has 0 bridgehead atoms. The Morgan fingerprint density at radius 3 is 2.71 bits per heavy atom. The second kappa shape index (κ2) is 4.93. The zero-order chi connectivity index (χ0) is 10.6. The first kappa shape index (κ1) is 10.9. The minimum atomic E-state index is -0.990. The third-order valence-corrected chi connectivity index (χ3v) is 2.04. The topological polar surface area (TPSA) is 57.5 Å². The number of carbonyl (C=O) groups is 1. The Bertz CT molecular complexity index is 372. The Morgan fingerprint density at radius 2 is 2.14 bits per heavy atom. The van der Waals surface area contributed by atoms with E-state index in [1.807, 2.05) is 0 Å². The predicted molar refractivity (Wildman–Crippen MR) is 56.7 cm³/mol. The van der Waals surface area contributed by atoms with E-state index in [9.17, 15) is 4.79 Å². The molecule has 4 heteroatoms. The van der Waals surface area contributed by atoms with E-state index < -0.39 is 5.97 Å². The molecule has 0 saturated heterocycles. The molecule has 1 aromatic carbocycles. The molecule has 0 atom stereocenters. The van der Waals surface area contributed by atoms with Gasteiger partial charge in [-0.25, -0.2) is 4.79 Å². The fraction of sp³-hybridized carbons (Fsp3) is 0.100. The average Bonchev–Trinajstić information content (AvgIpc) is 2.14. The van der Waals surface area contributed by atoms with Crippen LogP contribution in [0, 0.1) is 0 Å². The molecule has 0 spiro atoms. The number of halogens is 1. The van der Waals surface area contributed by atoms with Crippen LogP contribution in [0.25, 0.3) is 6.08 Å². The van der Waals surface area contributed by atoms with E-state index in [2.05, 4.69) is 15.9 Å². The minimum absolute atomic E-state index is 0.0622. The first-order chi connectivity index (χ1) is 6.61. The average molecular weight is 257 g/mol. The monoisotopic (exact) mass is 256 g/mol. The molecule has 2 N–H and O–H groups in total. The lowest BCUT2D eigenvalue weighted by Crippen LogP contribution is -1.87. The summed E-state index contributed by atoms with van der Waals surface area (Å²) in [4.78, 5) is 10.3. The molecule has 0 fully saturated rings. The highest BCUT2D eigenvalue weighted by atomic mass is 79.9. The van der Waals surface area contributed by atoms with Gasteiger partial charge in [-0.2, -0.15) is 0 Å². The smallest absolute Gasteiger partial charge is 0.328 e. The van der Waals surface area contributed by atoms with Gasteiger partial charge in [0.15, 0.2) is 0 Å². The third kappa shape index (κ3) is 3.32. The lowest BCUT2D eigenvalue weighted by atomic mass is 10.1. The Kier molecular flexibility index (Phi) is 3.85. The molecule has 74 valence electrons. The van der Waals surface area contributed by atoms with Crippen LogP contribution in [-0.2, 0) is 11.4 Å². The van der Waals surface area contributed by atoms with Crippen molar-refractivity contribution in [2.45, 2.75) is 6.61 Å². The first-order valence-electron chi connectivity index (χ1n) is 3.93. The summed E-state index contributed by atoms with van der Waals surface area (Å²) in [5, 5.41) is 17.3. The van der Waals surface area contributed by atoms with Crippen molar-refractivity contribution in [3.63, 3.8) is 0 Å². The molecule has 0 heterocycles. The van der Waals surface area contributed by atoms with Crippen LogP contribution in [0.4, 0.5) is 0 Å². The molecule has 0 unspecified atom stereocenters. The summed E-state index contributed by atoms with van der Waals surface area (Å²) in [6.45, 7) is -0.0622. The van der Waals surface area contributed by atoms with Crippen LogP contribution in [0.5, 0.6) is 0 Å². The van der Waals surface area contributed by atoms with Gasteiger partial charge in [0, 0.05) is 10.5 Å². The maximum Gasteiger partial charge on any atom is 0.328 e. The van der Waals surface area contributed by atoms with E-state index in [1.165, 1.54) is 6.08 Å². The summed E-state index contributed by atoms with van der Waals surface area (Å²) in [5.41, 5.74) is 1.48. The number of aliphatic carboxylic acids is 1. The zero-order valence-electron chi connectivity index (χ0n) is 7.27. The van der Waals surface area contributed by atoms with Gasteiger partial charge in [0.25, 0.3) is 0 Å². The molecule has 0 aliphatic heterocycles. The first-order valence-corrected chi connectivity index (χ1v) is 4.72. The van der Waals surface area contributed by atoms with Crippen molar-refractivity contribution < 1.29 is 15.0 Å². The Morgan fingerprint density at radius 1 is 1.43 bits per heavy atom. The number of hydrogen-bond donors (Lipinski definition) is 2. The number of aliphatic hydroxyl groups excluding tert-OH is 1. The molecule has 0 aromatic heterocycles. The molecule has 0 saturated carbocycles. The predicted octanol–water partition coefficient (Wildman–Crippen LogP) is 2.04. The van der Waals surface area contributed by atoms with Gasteiger partial charge < -0.3 is 10.2 Å². The normalized spacial score (nSPS) is 10.7. The fourth-order valence-electron chi connectivity index (χ4n) is 1.03. The second-order valence-corrected chi connectivity index (χ2v) is 3.64. The second-order valence-electron chi connectivity index (χ2n) is 2.72. The van der Waals surface area contributed by atoms with Crippen molar-refractivity contribution in [1.29, 1.82) is 0 Å². The number of aliphatic hydroxyl groups is 1. The Hall–Kier alpha value is -1.13. The molecule has 14 heavy (non-hydrogen) atoms. The van der Waals surface area contributed by atoms with Crippen LogP contribution in [0.3, 0.4) is 0 Å². The Balaban J connectivity index is 2.97. The molecule has 1 aromatic rings. The van der Waals surface area contributed by atoms with Crippen LogP contribution in [0.1, 0.15) is 11.1 Å². The van der Waals surface area contributed by atoms with E-state index in [1.54, 1.807) is 18.2 Å². The lowest BCUT2D eigenvalue weighted by molar-refractivity contribution is -0.131. The summed E-state index contributed by atoms with van der Waals surface area (Å²) < 4.78 is 0.814. The molecule has 3 nitrogen and oxygen atoms in total. The van der Waals surface area contributed by atoms with Crippen molar-refractivity contribution in [2.24, 2.45) is 0 Å². The highest BCUT2D eigenvalue weighted by molar-refractivity contribution is 9.10. The summed E-state index contributed by atoms with van der Waals surface area (Å²) >= 11 is 3.27. The number of rotatable bonds is 3. The molecule has 0 radical (unpaired) electrons. The Labute approximate surface area is 89.8 Å². The van der Waals surface area contributed by atoms with Gasteiger partial charge in [-0.1, -0.05) is 15.9 Å². The van der Waals surface area contributed by atoms with Crippen molar-refractivity contribution in [1.82, 2.24) is 0 Å². The number of hydrogen-bond acceptors (Lipinski definition) is 2. The molecular formula is C10H9BrO3. The maximum atomic E-state index is 10.3.